The van der Waals surface area contributed by atoms with E-state index in [2.05, 4.69) is 5.32 Å². The molecule has 2 rings (SSSR count). The molecule has 76 valence electrons. The van der Waals surface area contributed by atoms with Gasteiger partial charge in [0, 0.05) is 5.57 Å². The highest BCUT2D eigenvalue weighted by Gasteiger charge is 2.25. The maximum atomic E-state index is 11.4. The first kappa shape index (κ1) is 9.65. The number of carbonyl (C=O) groups is 2. The fourth-order valence-corrected chi connectivity index (χ4v) is 1.65. The number of hydrogen-bond donors (Lipinski definition) is 1. The molecule has 0 unspecified atom stereocenters. The monoisotopic (exact) mass is 201 g/mol. The van der Waals surface area contributed by atoms with Crippen LogP contribution in [-0.4, -0.2) is 11.8 Å². The lowest BCUT2D eigenvalue weighted by Gasteiger charge is -2.03. The Balaban J connectivity index is 2.42. The summed E-state index contributed by atoms with van der Waals surface area (Å²) in [6, 6.07) is 9.60. The van der Waals surface area contributed by atoms with Crippen LogP contribution in [0, 0.1) is 0 Å². The minimum absolute atomic E-state index is 0.194. The van der Waals surface area contributed by atoms with Crippen molar-refractivity contribution in [3.63, 3.8) is 0 Å². The van der Waals surface area contributed by atoms with Crippen LogP contribution in [0.4, 0.5) is 0 Å². The van der Waals surface area contributed by atoms with Gasteiger partial charge in [-0.05, 0) is 18.1 Å². The summed E-state index contributed by atoms with van der Waals surface area (Å²) in [7, 11) is 0. The number of carbonyl (C=O) groups excluding carboxylic acids is 2. The van der Waals surface area contributed by atoms with Crippen LogP contribution in [0.5, 0.6) is 0 Å². The predicted molar refractivity (Wildman–Crippen MR) is 56.8 cm³/mol. The van der Waals surface area contributed by atoms with E-state index in [1.54, 1.807) is 0 Å². The van der Waals surface area contributed by atoms with Crippen molar-refractivity contribution in [3.05, 3.63) is 41.5 Å². The molecule has 1 heterocycles. The lowest BCUT2D eigenvalue weighted by molar-refractivity contribution is -0.124. The average molecular weight is 201 g/mol. The molecule has 0 atom stereocenters. The topological polar surface area (TPSA) is 46.2 Å². The van der Waals surface area contributed by atoms with Crippen molar-refractivity contribution in [2.24, 2.45) is 0 Å². The standard InChI is InChI=1S/C12H11NO2/c1-8(9-5-3-2-4-6-9)10-7-11(14)13-12(10)15/h2-6H,7H2,1H3,(H,13,14,15). The van der Waals surface area contributed by atoms with Crippen LogP contribution in [0.15, 0.2) is 35.9 Å². The summed E-state index contributed by atoms with van der Waals surface area (Å²) in [4.78, 5) is 22.4. The van der Waals surface area contributed by atoms with Crippen molar-refractivity contribution in [3.8, 4) is 0 Å². The zero-order chi connectivity index (χ0) is 10.8. The van der Waals surface area contributed by atoms with Crippen LogP contribution in [0.3, 0.4) is 0 Å². The highest BCUT2D eigenvalue weighted by molar-refractivity contribution is 6.17. The van der Waals surface area contributed by atoms with E-state index in [1.807, 2.05) is 37.3 Å². The molecule has 1 aromatic carbocycles. The van der Waals surface area contributed by atoms with E-state index in [-0.39, 0.29) is 18.2 Å². The van der Waals surface area contributed by atoms with Gasteiger partial charge in [0.2, 0.25) is 5.91 Å². The van der Waals surface area contributed by atoms with E-state index in [4.69, 9.17) is 0 Å². The molecule has 1 aliphatic heterocycles. The smallest absolute Gasteiger partial charge is 0.254 e. The average Bonchev–Trinajstić information content (AvgIpc) is 2.58. The molecule has 0 bridgehead atoms. The zero-order valence-electron chi connectivity index (χ0n) is 8.41. The SMILES string of the molecule is CC(=C1CC(=O)NC1=O)c1ccccc1. The van der Waals surface area contributed by atoms with Gasteiger partial charge in [-0.1, -0.05) is 30.3 Å². The summed E-state index contributed by atoms with van der Waals surface area (Å²) in [5.41, 5.74) is 2.43. The van der Waals surface area contributed by atoms with Crippen LogP contribution >= 0.6 is 0 Å². The molecule has 3 nitrogen and oxygen atoms in total. The third-order valence-electron chi connectivity index (χ3n) is 2.52. The molecular formula is C12H11NO2. The van der Waals surface area contributed by atoms with Crippen molar-refractivity contribution in [2.45, 2.75) is 13.3 Å². The van der Waals surface area contributed by atoms with Gasteiger partial charge in [-0.25, -0.2) is 0 Å². The molecule has 15 heavy (non-hydrogen) atoms. The van der Waals surface area contributed by atoms with Gasteiger partial charge >= 0.3 is 0 Å². The Morgan fingerprint density at radius 3 is 2.40 bits per heavy atom. The highest BCUT2D eigenvalue weighted by atomic mass is 16.2. The predicted octanol–water partition coefficient (Wildman–Crippen LogP) is 1.51. The second kappa shape index (κ2) is 3.69. The molecule has 1 aliphatic rings. The van der Waals surface area contributed by atoms with Crippen molar-refractivity contribution < 1.29 is 9.59 Å². The van der Waals surface area contributed by atoms with Gasteiger partial charge in [0.05, 0.1) is 6.42 Å². The van der Waals surface area contributed by atoms with Crippen molar-refractivity contribution in [2.75, 3.05) is 0 Å². The van der Waals surface area contributed by atoms with Gasteiger partial charge in [-0.15, -0.1) is 0 Å². The molecule has 0 radical (unpaired) electrons. The van der Waals surface area contributed by atoms with Crippen LogP contribution < -0.4 is 5.32 Å². The molecule has 0 aromatic heterocycles. The molecule has 1 saturated heterocycles. The summed E-state index contributed by atoms with van der Waals surface area (Å²) in [6.45, 7) is 1.86. The summed E-state index contributed by atoms with van der Waals surface area (Å²) in [5, 5.41) is 2.28. The molecule has 3 heteroatoms. The van der Waals surface area contributed by atoms with Gasteiger partial charge in [0.1, 0.15) is 0 Å². The fourth-order valence-electron chi connectivity index (χ4n) is 1.65. The molecular weight excluding hydrogens is 190 g/mol. The summed E-state index contributed by atoms with van der Waals surface area (Å²) >= 11 is 0. The first-order chi connectivity index (χ1) is 7.18. The maximum absolute atomic E-state index is 11.4. The van der Waals surface area contributed by atoms with Crippen LogP contribution in [0.1, 0.15) is 18.9 Å². The molecule has 0 aliphatic carbocycles. The van der Waals surface area contributed by atoms with Crippen LogP contribution in [0.25, 0.3) is 5.57 Å². The molecule has 0 saturated carbocycles. The molecule has 0 spiro atoms. The minimum atomic E-state index is -0.263. The highest BCUT2D eigenvalue weighted by Crippen LogP contribution is 2.22. The Morgan fingerprint density at radius 2 is 1.87 bits per heavy atom. The Kier molecular flexibility index (Phi) is 2.37. The summed E-state index contributed by atoms with van der Waals surface area (Å²) in [6.07, 6.45) is 0.194. The fraction of sp³-hybridized carbons (Fsp3) is 0.167. The van der Waals surface area contributed by atoms with E-state index in [9.17, 15) is 9.59 Å². The van der Waals surface area contributed by atoms with Gasteiger partial charge in [0.25, 0.3) is 5.91 Å². The number of hydrogen-bond acceptors (Lipinski definition) is 2. The summed E-state index contributed by atoms with van der Waals surface area (Å²) in [5.74, 6) is -0.480. The van der Waals surface area contributed by atoms with Gasteiger partial charge in [-0.2, -0.15) is 0 Å². The largest absolute Gasteiger partial charge is 0.292 e. The van der Waals surface area contributed by atoms with Gasteiger partial charge in [-0.3, -0.25) is 14.9 Å². The first-order valence-corrected chi connectivity index (χ1v) is 4.78. The quantitative estimate of drug-likeness (QED) is 0.553. The number of amides is 2. The molecule has 1 aromatic rings. The number of allylic oxidation sites excluding steroid dienone is 1. The maximum Gasteiger partial charge on any atom is 0.254 e. The Morgan fingerprint density at radius 1 is 1.20 bits per heavy atom. The number of nitrogens with one attached hydrogen (secondary N) is 1. The third-order valence-corrected chi connectivity index (χ3v) is 2.52. The van der Waals surface area contributed by atoms with E-state index in [1.165, 1.54) is 0 Å². The second-order valence-corrected chi connectivity index (χ2v) is 3.52. The lowest BCUT2D eigenvalue weighted by atomic mass is 10.0. The second-order valence-electron chi connectivity index (χ2n) is 3.52. The zero-order valence-corrected chi connectivity index (χ0v) is 8.41. The van der Waals surface area contributed by atoms with Crippen LogP contribution in [0.2, 0.25) is 0 Å². The van der Waals surface area contributed by atoms with E-state index in [0.717, 1.165) is 11.1 Å². The van der Waals surface area contributed by atoms with E-state index >= 15 is 0 Å². The third kappa shape index (κ3) is 1.81. The Bertz CT molecular complexity index is 446. The van der Waals surface area contributed by atoms with Crippen LogP contribution in [-0.2, 0) is 9.59 Å². The first-order valence-electron chi connectivity index (χ1n) is 4.78. The van der Waals surface area contributed by atoms with Gasteiger partial charge < -0.3 is 0 Å². The van der Waals surface area contributed by atoms with E-state index in [0.29, 0.717) is 5.57 Å². The Hall–Kier alpha value is -1.90. The Labute approximate surface area is 87.8 Å². The minimum Gasteiger partial charge on any atom is -0.292 e. The van der Waals surface area contributed by atoms with E-state index < -0.39 is 0 Å². The number of rotatable bonds is 1. The number of imide groups is 1. The van der Waals surface area contributed by atoms with Crippen molar-refractivity contribution >= 4 is 17.4 Å². The van der Waals surface area contributed by atoms with Gasteiger partial charge in [0.15, 0.2) is 0 Å². The lowest BCUT2D eigenvalue weighted by Crippen LogP contribution is -2.19. The van der Waals surface area contributed by atoms with Crippen molar-refractivity contribution in [1.29, 1.82) is 0 Å². The summed E-state index contributed by atoms with van der Waals surface area (Å²) < 4.78 is 0. The molecule has 2 amide bonds. The number of benzene rings is 1. The van der Waals surface area contributed by atoms with Crippen molar-refractivity contribution in [1.82, 2.24) is 5.32 Å². The molecule has 1 fully saturated rings. The molecule has 1 N–H and O–H groups in total. The normalized spacial score (nSPS) is 19.0.